The maximum absolute atomic E-state index is 12.0. The summed E-state index contributed by atoms with van der Waals surface area (Å²) in [6.07, 6.45) is 2.35. The fourth-order valence-electron chi connectivity index (χ4n) is 2.97. The molecule has 3 rings (SSSR count). The summed E-state index contributed by atoms with van der Waals surface area (Å²) in [6, 6.07) is 8.38. The molecule has 0 bridgehead atoms. The molecular weight excluding hydrogens is 318 g/mol. The van der Waals surface area contributed by atoms with E-state index in [0.29, 0.717) is 0 Å². The van der Waals surface area contributed by atoms with E-state index in [4.69, 9.17) is 0 Å². The molecule has 5 heteroatoms. The predicted molar refractivity (Wildman–Crippen MR) is 82.6 cm³/mol. The molecule has 2 heterocycles. The molecule has 2 N–H and O–H groups in total. The van der Waals surface area contributed by atoms with Crippen molar-refractivity contribution < 1.29 is 4.79 Å². The number of benzene rings is 1. The predicted octanol–water partition coefficient (Wildman–Crippen LogP) is 2.51. The third kappa shape index (κ3) is 3.15. The van der Waals surface area contributed by atoms with Gasteiger partial charge in [0.1, 0.15) is 0 Å². The van der Waals surface area contributed by atoms with Crippen LogP contribution in [-0.2, 0) is 0 Å². The second-order valence-electron chi connectivity index (χ2n) is 5.65. The first kappa shape index (κ1) is 13.9. The van der Waals surface area contributed by atoms with Gasteiger partial charge in [0.15, 0.2) is 0 Å². The Labute approximate surface area is 128 Å². The van der Waals surface area contributed by atoms with E-state index in [0.717, 1.165) is 43.0 Å². The van der Waals surface area contributed by atoms with Gasteiger partial charge >= 0.3 is 6.03 Å². The normalized spacial score (nSPS) is 26.1. The lowest BCUT2D eigenvalue weighted by atomic mass is 10.0. The number of hydrogen-bond acceptors (Lipinski definition) is 2. The Morgan fingerprint density at radius 2 is 2.10 bits per heavy atom. The van der Waals surface area contributed by atoms with Crippen molar-refractivity contribution in [3.05, 3.63) is 34.3 Å². The van der Waals surface area contributed by atoms with Crippen LogP contribution in [0, 0.1) is 5.92 Å². The van der Waals surface area contributed by atoms with Gasteiger partial charge in [0.2, 0.25) is 0 Å². The third-order valence-electron chi connectivity index (χ3n) is 4.23. The number of rotatable bonds is 4. The molecule has 20 heavy (non-hydrogen) atoms. The summed E-state index contributed by atoms with van der Waals surface area (Å²) in [5.74, 6) is 0.731. The molecule has 2 atom stereocenters. The summed E-state index contributed by atoms with van der Waals surface area (Å²) in [5, 5.41) is 6.45. The van der Waals surface area contributed by atoms with Gasteiger partial charge < -0.3 is 15.5 Å². The Morgan fingerprint density at radius 3 is 2.80 bits per heavy atom. The molecule has 0 aliphatic carbocycles. The van der Waals surface area contributed by atoms with E-state index in [-0.39, 0.29) is 12.1 Å². The Balaban J connectivity index is 1.55. The van der Waals surface area contributed by atoms with Crippen LogP contribution >= 0.6 is 15.9 Å². The van der Waals surface area contributed by atoms with Crippen molar-refractivity contribution in [2.24, 2.45) is 5.92 Å². The summed E-state index contributed by atoms with van der Waals surface area (Å²) < 4.78 is 1.07. The van der Waals surface area contributed by atoms with Crippen LogP contribution < -0.4 is 10.6 Å². The number of carbonyl (C=O) groups excluding carboxylic acids is 1. The largest absolute Gasteiger partial charge is 0.329 e. The van der Waals surface area contributed by atoms with Crippen LogP contribution in [0.15, 0.2) is 28.7 Å². The van der Waals surface area contributed by atoms with Gasteiger partial charge in [0.25, 0.3) is 0 Å². The zero-order valence-electron chi connectivity index (χ0n) is 11.4. The van der Waals surface area contributed by atoms with Crippen molar-refractivity contribution in [1.82, 2.24) is 15.5 Å². The highest BCUT2D eigenvalue weighted by Crippen LogP contribution is 2.23. The first-order chi connectivity index (χ1) is 9.72. The van der Waals surface area contributed by atoms with Crippen molar-refractivity contribution >= 4 is 22.0 Å². The Hall–Kier alpha value is -1.07. The van der Waals surface area contributed by atoms with Crippen LogP contribution in [0.5, 0.6) is 0 Å². The van der Waals surface area contributed by atoms with Crippen LogP contribution in [0.4, 0.5) is 4.79 Å². The highest BCUT2D eigenvalue weighted by molar-refractivity contribution is 9.10. The number of amides is 2. The minimum atomic E-state index is 0.0730. The first-order valence-electron chi connectivity index (χ1n) is 7.24. The second-order valence-corrected chi connectivity index (χ2v) is 6.56. The fraction of sp³-hybridized carbons (Fsp3) is 0.533. The van der Waals surface area contributed by atoms with Gasteiger partial charge in [-0.3, -0.25) is 0 Å². The van der Waals surface area contributed by atoms with Gasteiger partial charge in [-0.2, -0.15) is 0 Å². The molecule has 4 nitrogen and oxygen atoms in total. The molecule has 2 aliphatic heterocycles. The van der Waals surface area contributed by atoms with Gasteiger partial charge in [0, 0.05) is 17.6 Å². The highest BCUT2D eigenvalue weighted by Gasteiger charge is 2.30. The van der Waals surface area contributed by atoms with Gasteiger partial charge in [-0.1, -0.05) is 28.1 Å². The van der Waals surface area contributed by atoms with E-state index in [2.05, 4.69) is 38.7 Å². The maximum atomic E-state index is 12.0. The number of nitrogens with one attached hydrogen (secondary N) is 2. The molecule has 2 saturated heterocycles. The van der Waals surface area contributed by atoms with E-state index < -0.39 is 0 Å². The van der Waals surface area contributed by atoms with Crippen LogP contribution in [0.25, 0.3) is 0 Å². The van der Waals surface area contributed by atoms with Crippen molar-refractivity contribution in [3.8, 4) is 0 Å². The van der Waals surface area contributed by atoms with Crippen molar-refractivity contribution in [2.45, 2.75) is 18.9 Å². The Bertz CT molecular complexity index is 471. The maximum Gasteiger partial charge on any atom is 0.318 e. The van der Waals surface area contributed by atoms with E-state index in [1.807, 2.05) is 17.0 Å². The molecule has 0 radical (unpaired) electrons. The number of carbonyl (C=O) groups is 1. The molecule has 0 aromatic heterocycles. The van der Waals surface area contributed by atoms with Gasteiger partial charge in [-0.25, -0.2) is 4.79 Å². The average molecular weight is 338 g/mol. The lowest BCUT2D eigenvalue weighted by Crippen LogP contribution is -2.30. The quantitative estimate of drug-likeness (QED) is 0.886. The zero-order chi connectivity index (χ0) is 13.9. The van der Waals surface area contributed by atoms with Gasteiger partial charge in [0.05, 0.1) is 6.04 Å². The summed E-state index contributed by atoms with van der Waals surface area (Å²) >= 11 is 3.44. The molecular formula is C15H20BrN3O. The number of halogens is 1. The minimum absolute atomic E-state index is 0.0730. The summed E-state index contributed by atoms with van der Waals surface area (Å²) in [6.45, 7) is 3.87. The van der Waals surface area contributed by atoms with Crippen LogP contribution in [0.2, 0.25) is 0 Å². The monoisotopic (exact) mass is 337 g/mol. The van der Waals surface area contributed by atoms with Crippen LogP contribution in [0.3, 0.4) is 0 Å². The van der Waals surface area contributed by atoms with Gasteiger partial charge in [-0.05, 0) is 49.5 Å². The van der Waals surface area contributed by atoms with Crippen LogP contribution in [0.1, 0.15) is 24.4 Å². The van der Waals surface area contributed by atoms with E-state index in [1.54, 1.807) is 0 Å². The molecule has 2 unspecified atom stereocenters. The molecule has 108 valence electrons. The van der Waals surface area contributed by atoms with Crippen LogP contribution in [-0.4, -0.2) is 37.1 Å². The third-order valence-corrected chi connectivity index (χ3v) is 4.76. The molecule has 0 spiro atoms. The molecule has 2 fully saturated rings. The van der Waals surface area contributed by atoms with Crippen molar-refractivity contribution in [1.29, 1.82) is 0 Å². The molecule has 2 aliphatic rings. The van der Waals surface area contributed by atoms with E-state index in [9.17, 15) is 4.79 Å². The van der Waals surface area contributed by atoms with Crippen molar-refractivity contribution in [3.63, 3.8) is 0 Å². The Morgan fingerprint density at radius 1 is 1.30 bits per heavy atom. The lowest BCUT2D eigenvalue weighted by molar-refractivity contribution is 0.214. The fourth-order valence-corrected chi connectivity index (χ4v) is 3.23. The number of nitrogens with zero attached hydrogens (tertiary/aromatic N) is 1. The number of hydrogen-bond donors (Lipinski definition) is 2. The van der Waals surface area contributed by atoms with Crippen molar-refractivity contribution in [2.75, 3.05) is 26.2 Å². The highest BCUT2D eigenvalue weighted by atomic mass is 79.9. The standard InChI is InChI=1S/C15H20BrN3O/c16-13-3-1-12(2-4-13)14-10-19(15(20)18-14)8-6-11-5-7-17-9-11/h1-4,11,14,17H,5-10H2,(H,18,20). The smallest absolute Gasteiger partial charge is 0.318 e. The Kier molecular flexibility index (Phi) is 4.27. The number of urea groups is 1. The molecule has 2 amide bonds. The van der Waals surface area contributed by atoms with E-state index >= 15 is 0 Å². The SMILES string of the molecule is O=C1NC(c2ccc(Br)cc2)CN1CCC1CCNC1. The van der Waals surface area contributed by atoms with Gasteiger partial charge in [-0.15, -0.1) is 0 Å². The lowest BCUT2D eigenvalue weighted by Gasteiger charge is -2.17. The first-order valence-corrected chi connectivity index (χ1v) is 8.03. The molecule has 1 aromatic rings. The minimum Gasteiger partial charge on any atom is -0.329 e. The average Bonchev–Trinajstić information content (AvgIpc) is 3.07. The summed E-state index contributed by atoms with van der Waals surface area (Å²) in [4.78, 5) is 14.0. The van der Waals surface area contributed by atoms with E-state index in [1.165, 1.54) is 12.0 Å². The molecule has 1 aromatic carbocycles. The topological polar surface area (TPSA) is 44.4 Å². The second kappa shape index (κ2) is 6.14. The molecule has 0 saturated carbocycles. The zero-order valence-corrected chi connectivity index (χ0v) is 13.0. The summed E-state index contributed by atoms with van der Waals surface area (Å²) in [7, 11) is 0. The summed E-state index contributed by atoms with van der Waals surface area (Å²) in [5.41, 5.74) is 1.17.